The van der Waals surface area contributed by atoms with Crippen molar-refractivity contribution in [2.24, 2.45) is 0 Å². The van der Waals surface area contributed by atoms with E-state index in [1.807, 2.05) is 0 Å². The van der Waals surface area contributed by atoms with Gasteiger partial charge < -0.3 is 0 Å². The first-order valence-corrected chi connectivity index (χ1v) is 2.07. The van der Waals surface area contributed by atoms with Gasteiger partial charge in [-0.25, -0.2) is 4.21 Å². The molecule has 0 saturated heterocycles. The molecule has 0 N–H and O–H groups in total. The molecule has 0 amide bonds. The van der Waals surface area contributed by atoms with Crippen LogP contribution in [-0.2, 0) is 16.1 Å². The smallest absolute Gasteiger partial charge is 0.242 e. The highest BCUT2D eigenvalue weighted by atomic mass is 32.1. The second kappa shape index (κ2) is 2.78. The minimum atomic E-state index is 0.148. The van der Waals surface area contributed by atoms with Gasteiger partial charge in [-0.15, -0.1) is 0 Å². The number of rotatable bonds is 1. The van der Waals surface area contributed by atoms with E-state index >= 15 is 0 Å². The van der Waals surface area contributed by atoms with Crippen molar-refractivity contribution in [3.8, 4) is 0 Å². The molecule has 0 atom stereocenters. The van der Waals surface area contributed by atoms with Crippen LogP contribution in [0, 0.1) is 0 Å². The summed E-state index contributed by atoms with van der Waals surface area (Å²) in [7, 11) is 0. The van der Waals surface area contributed by atoms with Gasteiger partial charge in [-0.1, -0.05) is 0 Å². The Kier molecular flexibility index (Phi) is 2.58. The first-order valence-electron chi connectivity index (χ1n) is 1.32. The molecule has 1 radical (unpaired) electrons. The lowest BCUT2D eigenvalue weighted by Crippen LogP contribution is -1.87. The molecule has 0 aliphatic rings. The molecule has 3 heteroatoms. The summed E-state index contributed by atoms with van der Waals surface area (Å²) in [4.78, 5) is 9.50. The predicted molar refractivity (Wildman–Crippen MR) is 24.5 cm³/mol. The van der Waals surface area contributed by atoms with Crippen molar-refractivity contribution in [3.05, 3.63) is 0 Å². The maximum atomic E-state index is 9.48. The Hall–Kier alpha value is -0.440. The van der Waals surface area contributed by atoms with E-state index in [1.165, 1.54) is 13.2 Å². The standard InChI is InChI=1S/C3H3O2S/c1-3(2-4)6-5/h1H3. The molecule has 6 heavy (non-hydrogen) atoms. The van der Waals surface area contributed by atoms with Crippen molar-refractivity contribution >= 4 is 22.4 Å². The largest absolute Gasteiger partial charge is 0.284 e. The third-order valence-corrected chi connectivity index (χ3v) is 0.602. The van der Waals surface area contributed by atoms with Gasteiger partial charge in [0.1, 0.15) is 0 Å². The SMILES string of the molecule is CC([C]=O)=S=O. The second-order valence-corrected chi connectivity index (χ2v) is 1.52. The lowest BCUT2D eigenvalue weighted by Gasteiger charge is -1.60. The molecule has 0 heterocycles. The van der Waals surface area contributed by atoms with E-state index in [9.17, 15) is 9.00 Å². The quantitative estimate of drug-likeness (QED) is 0.419. The number of hydrogen-bond donors (Lipinski definition) is 0. The van der Waals surface area contributed by atoms with Crippen LogP contribution in [0.2, 0.25) is 0 Å². The van der Waals surface area contributed by atoms with Gasteiger partial charge in [0.15, 0.2) is 0 Å². The number of hydrogen-bond acceptors (Lipinski definition) is 2. The van der Waals surface area contributed by atoms with E-state index in [-0.39, 0.29) is 16.1 Å². The number of carbonyl (C=O) groups excluding carboxylic acids is 1. The van der Waals surface area contributed by atoms with Crippen molar-refractivity contribution in [3.63, 3.8) is 0 Å². The summed E-state index contributed by atoms with van der Waals surface area (Å²) < 4.78 is 9.48. The average molecular weight is 103 g/mol. The van der Waals surface area contributed by atoms with Crippen molar-refractivity contribution in [1.29, 1.82) is 0 Å². The average Bonchev–Trinajstić information content (AvgIpc) is 1.65. The summed E-state index contributed by atoms with van der Waals surface area (Å²) in [5.74, 6) is 0. The lowest BCUT2D eigenvalue weighted by atomic mass is 10.6. The first-order chi connectivity index (χ1) is 2.81. The van der Waals surface area contributed by atoms with Gasteiger partial charge in [-0.3, -0.25) is 4.79 Å². The molecular formula is C3H3O2S. The van der Waals surface area contributed by atoms with Crippen molar-refractivity contribution in [2.75, 3.05) is 0 Å². The summed E-state index contributed by atoms with van der Waals surface area (Å²) in [5.41, 5.74) is 0. The molecule has 0 aromatic carbocycles. The molecule has 0 aliphatic carbocycles. The summed E-state index contributed by atoms with van der Waals surface area (Å²) >= 11 is 0.168. The van der Waals surface area contributed by atoms with Gasteiger partial charge in [0.05, 0.1) is 16.1 Å². The summed E-state index contributed by atoms with van der Waals surface area (Å²) in [5, 5.41) is 0. The third-order valence-electron chi connectivity index (χ3n) is 0.269. The van der Waals surface area contributed by atoms with Crippen LogP contribution in [-0.4, -0.2) is 15.4 Å². The van der Waals surface area contributed by atoms with Crippen LogP contribution in [0.25, 0.3) is 0 Å². The van der Waals surface area contributed by atoms with Crippen molar-refractivity contribution < 1.29 is 9.00 Å². The van der Waals surface area contributed by atoms with E-state index < -0.39 is 0 Å². The normalized spacial score (nSPS) is 6.83. The molecule has 0 unspecified atom stereocenters. The molecule has 0 saturated carbocycles. The van der Waals surface area contributed by atoms with E-state index in [0.717, 1.165) is 0 Å². The first kappa shape index (κ1) is 5.56. The molecule has 0 aromatic rings. The lowest BCUT2D eigenvalue weighted by molar-refractivity contribution is 0.567. The van der Waals surface area contributed by atoms with Gasteiger partial charge in [-0.05, 0) is 6.92 Å². The van der Waals surface area contributed by atoms with Crippen molar-refractivity contribution in [1.82, 2.24) is 0 Å². The van der Waals surface area contributed by atoms with Gasteiger partial charge in [0.25, 0.3) is 0 Å². The van der Waals surface area contributed by atoms with Crippen LogP contribution in [0.15, 0.2) is 0 Å². The molecule has 0 spiro atoms. The van der Waals surface area contributed by atoms with Gasteiger partial charge in [0, 0.05) is 0 Å². The summed E-state index contributed by atoms with van der Waals surface area (Å²) in [6, 6.07) is 0. The topological polar surface area (TPSA) is 34.1 Å². The monoisotopic (exact) mass is 103 g/mol. The Labute approximate surface area is 39.2 Å². The predicted octanol–water partition coefficient (Wildman–Crippen LogP) is -0.499. The maximum absolute atomic E-state index is 9.48. The molecule has 33 valence electrons. The van der Waals surface area contributed by atoms with Crippen LogP contribution in [0.5, 0.6) is 0 Å². The van der Waals surface area contributed by atoms with Crippen molar-refractivity contribution in [2.45, 2.75) is 6.92 Å². The minimum Gasteiger partial charge on any atom is -0.284 e. The zero-order chi connectivity index (χ0) is 4.99. The molecule has 0 rings (SSSR count). The molecule has 2 nitrogen and oxygen atoms in total. The van der Waals surface area contributed by atoms with E-state index in [4.69, 9.17) is 0 Å². The van der Waals surface area contributed by atoms with E-state index in [2.05, 4.69) is 0 Å². The minimum absolute atomic E-state index is 0.148. The highest BCUT2D eigenvalue weighted by Crippen LogP contribution is 1.52. The molecule has 0 bridgehead atoms. The molecular weight excluding hydrogens is 100 g/mol. The Balaban J connectivity index is 3.86. The highest BCUT2D eigenvalue weighted by Gasteiger charge is 1.78. The zero-order valence-electron chi connectivity index (χ0n) is 3.22. The Morgan fingerprint density at radius 1 is 1.83 bits per heavy atom. The Bertz CT molecular complexity index is 101. The maximum Gasteiger partial charge on any atom is 0.242 e. The molecule has 0 aliphatic heterocycles. The highest BCUT2D eigenvalue weighted by molar-refractivity contribution is 7.68. The summed E-state index contributed by atoms with van der Waals surface area (Å²) in [6.07, 6.45) is 1.43. The fourth-order valence-corrected chi connectivity index (χ4v) is 0.0510. The van der Waals surface area contributed by atoms with Crippen LogP contribution in [0.4, 0.5) is 0 Å². The Morgan fingerprint density at radius 3 is 2.33 bits per heavy atom. The summed E-state index contributed by atoms with van der Waals surface area (Å²) in [6.45, 7) is 1.42. The van der Waals surface area contributed by atoms with Gasteiger partial charge >= 0.3 is 0 Å². The zero-order valence-corrected chi connectivity index (χ0v) is 4.04. The second-order valence-electron chi connectivity index (χ2n) is 0.742. The van der Waals surface area contributed by atoms with Crippen LogP contribution < -0.4 is 0 Å². The fourth-order valence-electron chi connectivity index (χ4n) is 0.0170. The molecule has 0 aromatic heterocycles. The van der Waals surface area contributed by atoms with Gasteiger partial charge in [-0.2, -0.15) is 0 Å². The fraction of sp³-hybridized carbons (Fsp3) is 0.333. The van der Waals surface area contributed by atoms with Crippen LogP contribution >= 0.6 is 0 Å². The molecule has 0 fully saturated rings. The van der Waals surface area contributed by atoms with Gasteiger partial charge in [0.2, 0.25) is 6.29 Å². The van der Waals surface area contributed by atoms with E-state index in [1.54, 1.807) is 0 Å². The van der Waals surface area contributed by atoms with Crippen LogP contribution in [0.1, 0.15) is 6.92 Å². The van der Waals surface area contributed by atoms with Crippen LogP contribution in [0.3, 0.4) is 0 Å². The third kappa shape index (κ3) is 1.84. The Morgan fingerprint density at radius 2 is 2.33 bits per heavy atom. The van der Waals surface area contributed by atoms with E-state index in [0.29, 0.717) is 0 Å².